The third-order valence-electron chi connectivity index (χ3n) is 5.14. The second kappa shape index (κ2) is 13.9. The van der Waals surface area contributed by atoms with Crippen molar-refractivity contribution in [2.45, 2.75) is 41.5 Å². The van der Waals surface area contributed by atoms with Gasteiger partial charge in [-0.15, -0.1) is 0 Å². The highest BCUT2D eigenvalue weighted by atomic mass is 16.4. The van der Waals surface area contributed by atoms with E-state index in [1.807, 2.05) is 0 Å². The molecule has 0 unspecified atom stereocenters. The summed E-state index contributed by atoms with van der Waals surface area (Å²) in [6.07, 6.45) is 0. The molecule has 3 heterocycles. The van der Waals surface area contributed by atoms with Crippen molar-refractivity contribution in [2.75, 3.05) is 0 Å². The fraction of sp³-hybridized carbons (Fsp3) is 0.250. The SMILES string of the molecule is Cc1nc(C(=O)O)c(C(=O)O)nc1C.Cc1nc(C(=O)O)c(C(=O)O)nc1C.Cc1nc(C(=O)O)c(C(=O)O)nc1C. The van der Waals surface area contributed by atoms with Gasteiger partial charge >= 0.3 is 35.8 Å². The van der Waals surface area contributed by atoms with Gasteiger partial charge in [-0.3, -0.25) is 0 Å². The average Bonchev–Trinajstić information content (AvgIpc) is 2.88. The Balaban J connectivity index is 0.000000315. The minimum absolute atomic E-state index is 0.410. The Morgan fingerprint density at radius 2 is 0.405 bits per heavy atom. The Morgan fingerprint density at radius 1 is 0.310 bits per heavy atom. The predicted molar refractivity (Wildman–Crippen MR) is 136 cm³/mol. The molecule has 0 aliphatic heterocycles. The van der Waals surface area contributed by atoms with E-state index in [2.05, 4.69) is 29.9 Å². The van der Waals surface area contributed by atoms with Crippen LogP contribution < -0.4 is 0 Å². The molecule has 42 heavy (non-hydrogen) atoms. The predicted octanol–water partition coefficient (Wildman–Crippen LogP) is 1.47. The van der Waals surface area contributed by atoms with Gasteiger partial charge in [-0.1, -0.05) is 0 Å². The van der Waals surface area contributed by atoms with E-state index in [-0.39, 0.29) is 0 Å². The molecule has 0 aliphatic carbocycles. The molecule has 0 fully saturated rings. The second-order valence-electron chi connectivity index (χ2n) is 8.11. The molecular formula is C24H24N6O12. The third-order valence-corrected chi connectivity index (χ3v) is 5.14. The van der Waals surface area contributed by atoms with E-state index in [0.29, 0.717) is 34.2 Å². The summed E-state index contributed by atoms with van der Waals surface area (Å²) in [5.74, 6) is -8.34. The smallest absolute Gasteiger partial charge is 0.357 e. The number of carboxylic acids is 6. The zero-order valence-electron chi connectivity index (χ0n) is 22.8. The molecular weight excluding hydrogens is 564 g/mol. The lowest BCUT2D eigenvalue weighted by Crippen LogP contribution is -2.15. The van der Waals surface area contributed by atoms with Crippen LogP contribution in [0.15, 0.2) is 0 Å². The normalized spacial score (nSPS) is 9.86. The van der Waals surface area contributed by atoms with Crippen LogP contribution in [-0.4, -0.2) is 96.4 Å². The summed E-state index contributed by atoms with van der Waals surface area (Å²) in [4.78, 5) is 85.6. The highest BCUT2D eigenvalue weighted by Gasteiger charge is 2.22. The number of nitrogens with zero attached hydrogens (tertiary/aromatic N) is 6. The summed E-state index contributed by atoms with van der Waals surface area (Å²) in [6, 6.07) is 0. The van der Waals surface area contributed by atoms with Crippen molar-refractivity contribution in [3.8, 4) is 0 Å². The van der Waals surface area contributed by atoms with Crippen LogP contribution in [0.3, 0.4) is 0 Å². The highest BCUT2D eigenvalue weighted by Crippen LogP contribution is 2.10. The molecule has 0 aromatic carbocycles. The van der Waals surface area contributed by atoms with Crippen LogP contribution in [-0.2, 0) is 0 Å². The molecule has 0 aliphatic rings. The minimum atomic E-state index is -1.39. The maximum Gasteiger partial charge on any atom is 0.357 e. The summed E-state index contributed by atoms with van der Waals surface area (Å²) >= 11 is 0. The van der Waals surface area contributed by atoms with E-state index < -0.39 is 70.0 Å². The lowest BCUT2D eigenvalue weighted by molar-refractivity contribution is 0.0640. The first-order valence-corrected chi connectivity index (χ1v) is 11.2. The molecule has 0 saturated heterocycles. The van der Waals surface area contributed by atoms with Crippen LogP contribution in [0.1, 0.15) is 97.1 Å². The van der Waals surface area contributed by atoms with E-state index in [0.717, 1.165) is 0 Å². The van der Waals surface area contributed by atoms with Crippen LogP contribution >= 0.6 is 0 Å². The number of carboxylic acid groups (broad SMARTS) is 6. The van der Waals surface area contributed by atoms with E-state index >= 15 is 0 Å². The fourth-order valence-electron chi connectivity index (χ4n) is 2.70. The van der Waals surface area contributed by atoms with Crippen molar-refractivity contribution in [1.29, 1.82) is 0 Å². The number of hydrogen-bond donors (Lipinski definition) is 6. The molecule has 0 radical (unpaired) electrons. The maximum atomic E-state index is 10.6. The Morgan fingerprint density at radius 3 is 0.476 bits per heavy atom. The average molecular weight is 588 g/mol. The first-order chi connectivity index (χ1) is 19.3. The molecule has 18 heteroatoms. The van der Waals surface area contributed by atoms with E-state index in [4.69, 9.17) is 30.6 Å². The standard InChI is InChI=1S/3C8H8N2O4/c3*1-3-4(2)10-6(8(13)14)5(9-3)7(11)12/h3*1-2H3,(H,11,12)(H,13,14). The first kappa shape index (κ1) is 34.1. The van der Waals surface area contributed by atoms with E-state index in [9.17, 15) is 28.8 Å². The van der Waals surface area contributed by atoms with Crippen LogP contribution in [0.5, 0.6) is 0 Å². The third kappa shape index (κ3) is 8.53. The molecule has 0 spiro atoms. The molecule has 3 aromatic rings. The lowest BCUT2D eigenvalue weighted by atomic mass is 10.2. The number of aromatic carboxylic acids is 6. The van der Waals surface area contributed by atoms with E-state index in [1.165, 1.54) is 0 Å². The molecule has 18 nitrogen and oxygen atoms in total. The topological polar surface area (TPSA) is 301 Å². The monoisotopic (exact) mass is 588 g/mol. The summed E-state index contributed by atoms with van der Waals surface area (Å²) in [5.41, 5.74) is -0.706. The molecule has 0 bridgehead atoms. The molecule has 3 aromatic heterocycles. The number of carbonyl (C=O) groups is 6. The fourth-order valence-corrected chi connectivity index (χ4v) is 2.70. The van der Waals surface area contributed by atoms with Crippen molar-refractivity contribution in [3.05, 3.63) is 68.3 Å². The Labute approximate surface area is 235 Å². The first-order valence-electron chi connectivity index (χ1n) is 11.2. The van der Waals surface area contributed by atoms with Crippen molar-refractivity contribution in [3.63, 3.8) is 0 Å². The largest absolute Gasteiger partial charge is 0.476 e. The van der Waals surface area contributed by atoms with Crippen molar-refractivity contribution in [2.24, 2.45) is 0 Å². The van der Waals surface area contributed by atoms with Gasteiger partial charge in [0.2, 0.25) is 0 Å². The van der Waals surface area contributed by atoms with Crippen LogP contribution in [0, 0.1) is 41.5 Å². The second-order valence-corrected chi connectivity index (χ2v) is 8.11. The number of aromatic nitrogens is 6. The van der Waals surface area contributed by atoms with Gasteiger partial charge < -0.3 is 30.6 Å². The summed E-state index contributed by atoms with van der Waals surface area (Å²) in [7, 11) is 0. The molecule has 0 amide bonds. The van der Waals surface area contributed by atoms with Gasteiger partial charge in [-0.2, -0.15) is 0 Å². The quantitative estimate of drug-likeness (QED) is 0.237. The van der Waals surface area contributed by atoms with Gasteiger partial charge in [-0.05, 0) is 41.5 Å². The van der Waals surface area contributed by atoms with Gasteiger partial charge in [0, 0.05) is 0 Å². The van der Waals surface area contributed by atoms with Gasteiger partial charge in [-0.25, -0.2) is 58.7 Å². The van der Waals surface area contributed by atoms with Crippen molar-refractivity contribution < 1.29 is 59.4 Å². The Kier molecular flexibility index (Phi) is 11.3. The molecule has 0 saturated carbocycles. The Hall–Kier alpha value is -5.94. The van der Waals surface area contributed by atoms with Crippen LogP contribution in [0.25, 0.3) is 0 Å². The Bertz CT molecular complexity index is 1310. The van der Waals surface area contributed by atoms with Crippen molar-refractivity contribution >= 4 is 35.8 Å². The van der Waals surface area contributed by atoms with Gasteiger partial charge in [0.05, 0.1) is 34.2 Å². The maximum absolute atomic E-state index is 10.6. The summed E-state index contributed by atoms with van der Waals surface area (Å²) in [5, 5.41) is 52.0. The summed E-state index contributed by atoms with van der Waals surface area (Å²) < 4.78 is 0. The molecule has 0 atom stereocenters. The molecule has 6 N–H and O–H groups in total. The lowest BCUT2D eigenvalue weighted by Gasteiger charge is -2.03. The van der Waals surface area contributed by atoms with Crippen LogP contribution in [0.2, 0.25) is 0 Å². The zero-order chi connectivity index (χ0) is 32.6. The molecule has 3 rings (SSSR count). The number of rotatable bonds is 6. The zero-order valence-corrected chi connectivity index (χ0v) is 22.8. The van der Waals surface area contributed by atoms with Gasteiger partial charge in [0.15, 0.2) is 34.2 Å². The molecule has 222 valence electrons. The van der Waals surface area contributed by atoms with Gasteiger partial charge in [0.25, 0.3) is 0 Å². The minimum Gasteiger partial charge on any atom is -0.476 e. The number of aryl methyl sites for hydroxylation is 6. The van der Waals surface area contributed by atoms with Crippen molar-refractivity contribution in [1.82, 2.24) is 29.9 Å². The number of hydrogen-bond acceptors (Lipinski definition) is 12. The summed E-state index contributed by atoms with van der Waals surface area (Å²) in [6.45, 7) is 9.42. The van der Waals surface area contributed by atoms with Gasteiger partial charge in [0.1, 0.15) is 0 Å². The highest BCUT2D eigenvalue weighted by molar-refractivity contribution is 6.00. The van der Waals surface area contributed by atoms with Crippen LogP contribution in [0.4, 0.5) is 0 Å². The van der Waals surface area contributed by atoms with E-state index in [1.54, 1.807) is 41.5 Å².